The van der Waals surface area contributed by atoms with Gasteiger partial charge in [0.2, 0.25) is 0 Å². The van der Waals surface area contributed by atoms with Crippen LogP contribution in [0.15, 0.2) is 30.6 Å². The van der Waals surface area contributed by atoms with Gasteiger partial charge in [-0.2, -0.15) is 0 Å². The van der Waals surface area contributed by atoms with Crippen molar-refractivity contribution in [1.82, 2.24) is 9.97 Å². The van der Waals surface area contributed by atoms with Crippen LogP contribution in [0.2, 0.25) is 0 Å². The van der Waals surface area contributed by atoms with Crippen LogP contribution < -0.4 is 5.32 Å². The maximum atomic E-state index is 9.75. The third-order valence-corrected chi connectivity index (χ3v) is 2.45. The maximum absolute atomic E-state index is 9.75. The standard InChI is InChI=1S/C13H15N3O3/c1-13(2,19)11-6-15-12(7-14-11)16-8-3-9(17)5-10(18)4-8/h3-7,17-19H,1-2H3,(H,15,16). The fourth-order valence-corrected chi connectivity index (χ4v) is 1.52. The first-order valence-corrected chi connectivity index (χ1v) is 5.69. The molecular formula is C13H15N3O3. The van der Waals surface area contributed by atoms with Crippen LogP contribution in [0.4, 0.5) is 11.5 Å². The summed E-state index contributed by atoms with van der Waals surface area (Å²) < 4.78 is 0. The van der Waals surface area contributed by atoms with Crippen LogP contribution in [0.25, 0.3) is 0 Å². The minimum atomic E-state index is -1.05. The second-order valence-corrected chi connectivity index (χ2v) is 4.71. The molecule has 1 aromatic heterocycles. The minimum Gasteiger partial charge on any atom is -0.508 e. The van der Waals surface area contributed by atoms with Gasteiger partial charge < -0.3 is 20.6 Å². The van der Waals surface area contributed by atoms with Gasteiger partial charge in [0.25, 0.3) is 0 Å². The summed E-state index contributed by atoms with van der Waals surface area (Å²) in [6, 6.07) is 4.13. The van der Waals surface area contributed by atoms with Crippen molar-refractivity contribution in [3.05, 3.63) is 36.3 Å². The zero-order valence-corrected chi connectivity index (χ0v) is 10.6. The Bertz CT molecular complexity index is 556. The van der Waals surface area contributed by atoms with Crippen LogP contribution in [-0.4, -0.2) is 25.3 Å². The summed E-state index contributed by atoms with van der Waals surface area (Å²) in [6.45, 7) is 3.24. The van der Waals surface area contributed by atoms with Crippen LogP contribution >= 0.6 is 0 Å². The summed E-state index contributed by atoms with van der Waals surface area (Å²) in [5.41, 5.74) is -0.103. The van der Waals surface area contributed by atoms with Gasteiger partial charge in [-0.05, 0) is 13.8 Å². The first-order chi connectivity index (χ1) is 8.84. The van der Waals surface area contributed by atoms with Gasteiger partial charge in [-0.3, -0.25) is 4.98 Å². The molecule has 2 aromatic rings. The predicted octanol–water partition coefficient (Wildman–Crippen LogP) is 1.86. The van der Waals surface area contributed by atoms with Crippen molar-refractivity contribution in [3.63, 3.8) is 0 Å². The number of rotatable bonds is 3. The summed E-state index contributed by atoms with van der Waals surface area (Å²) >= 11 is 0. The molecule has 1 heterocycles. The second kappa shape index (κ2) is 4.74. The number of phenols is 2. The molecular weight excluding hydrogens is 246 g/mol. The van der Waals surface area contributed by atoms with Crippen molar-refractivity contribution in [2.75, 3.05) is 5.32 Å². The molecule has 0 saturated carbocycles. The van der Waals surface area contributed by atoms with E-state index in [1.165, 1.54) is 30.6 Å². The topological polar surface area (TPSA) is 98.5 Å². The molecule has 0 atom stereocenters. The van der Waals surface area contributed by atoms with Crippen LogP contribution in [0.5, 0.6) is 11.5 Å². The Morgan fingerprint density at radius 3 is 2.11 bits per heavy atom. The smallest absolute Gasteiger partial charge is 0.148 e. The quantitative estimate of drug-likeness (QED) is 0.673. The maximum Gasteiger partial charge on any atom is 0.148 e. The highest BCUT2D eigenvalue weighted by Crippen LogP contribution is 2.26. The number of nitrogens with zero attached hydrogens (tertiary/aromatic N) is 2. The van der Waals surface area contributed by atoms with Gasteiger partial charge in [-0.1, -0.05) is 0 Å². The number of aromatic nitrogens is 2. The van der Waals surface area contributed by atoms with E-state index in [-0.39, 0.29) is 11.5 Å². The van der Waals surface area contributed by atoms with E-state index in [0.717, 1.165) is 0 Å². The molecule has 4 N–H and O–H groups in total. The van der Waals surface area contributed by atoms with Gasteiger partial charge in [-0.25, -0.2) is 4.98 Å². The highest BCUT2D eigenvalue weighted by molar-refractivity contribution is 5.60. The molecule has 2 rings (SSSR count). The molecule has 0 amide bonds. The molecule has 19 heavy (non-hydrogen) atoms. The molecule has 0 aliphatic carbocycles. The lowest BCUT2D eigenvalue weighted by Crippen LogP contribution is -2.17. The Hall–Kier alpha value is -2.34. The molecule has 100 valence electrons. The van der Waals surface area contributed by atoms with E-state index in [1.807, 2.05) is 0 Å². The van der Waals surface area contributed by atoms with E-state index >= 15 is 0 Å². The lowest BCUT2D eigenvalue weighted by Gasteiger charge is -2.16. The zero-order valence-electron chi connectivity index (χ0n) is 10.6. The molecule has 6 nitrogen and oxygen atoms in total. The monoisotopic (exact) mass is 261 g/mol. The van der Waals surface area contributed by atoms with Crippen molar-refractivity contribution in [2.45, 2.75) is 19.4 Å². The highest BCUT2D eigenvalue weighted by Gasteiger charge is 2.17. The Labute approximate surface area is 110 Å². The van der Waals surface area contributed by atoms with Gasteiger partial charge in [0.05, 0.1) is 18.1 Å². The number of hydrogen-bond acceptors (Lipinski definition) is 6. The molecule has 6 heteroatoms. The zero-order chi connectivity index (χ0) is 14.0. The van der Waals surface area contributed by atoms with E-state index in [2.05, 4.69) is 15.3 Å². The third-order valence-electron chi connectivity index (χ3n) is 2.45. The Kier molecular flexibility index (Phi) is 3.26. The molecule has 0 aliphatic heterocycles. The lowest BCUT2D eigenvalue weighted by atomic mass is 10.1. The number of phenolic OH excluding ortho intramolecular Hbond substituents is 2. The Morgan fingerprint density at radius 2 is 1.63 bits per heavy atom. The Balaban J connectivity index is 2.20. The van der Waals surface area contributed by atoms with Crippen LogP contribution in [-0.2, 0) is 5.60 Å². The van der Waals surface area contributed by atoms with Crippen LogP contribution in [0, 0.1) is 0 Å². The molecule has 0 saturated heterocycles. The van der Waals surface area contributed by atoms with E-state index in [9.17, 15) is 15.3 Å². The predicted molar refractivity (Wildman–Crippen MR) is 70.3 cm³/mol. The van der Waals surface area contributed by atoms with Crippen molar-refractivity contribution in [3.8, 4) is 11.5 Å². The van der Waals surface area contributed by atoms with Crippen LogP contribution in [0.1, 0.15) is 19.5 Å². The molecule has 1 aromatic carbocycles. The van der Waals surface area contributed by atoms with Crippen molar-refractivity contribution in [2.24, 2.45) is 0 Å². The fraction of sp³-hybridized carbons (Fsp3) is 0.231. The molecule has 0 spiro atoms. The van der Waals surface area contributed by atoms with Gasteiger partial charge in [0.15, 0.2) is 0 Å². The van der Waals surface area contributed by atoms with Crippen molar-refractivity contribution in [1.29, 1.82) is 0 Å². The molecule has 0 unspecified atom stereocenters. The van der Waals surface area contributed by atoms with E-state index in [1.54, 1.807) is 13.8 Å². The van der Waals surface area contributed by atoms with Crippen molar-refractivity contribution < 1.29 is 15.3 Å². The minimum absolute atomic E-state index is 0.0522. The number of aromatic hydroxyl groups is 2. The van der Waals surface area contributed by atoms with Gasteiger partial charge >= 0.3 is 0 Å². The Morgan fingerprint density at radius 1 is 1.00 bits per heavy atom. The van der Waals surface area contributed by atoms with E-state index < -0.39 is 5.60 Å². The van der Waals surface area contributed by atoms with E-state index in [0.29, 0.717) is 17.2 Å². The number of benzene rings is 1. The second-order valence-electron chi connectivity index (χ2n) is 4.71. The number of anilines is 2. The number of hydrogen-bond donors (Lipinski definition) is 4. The number of nitrogens with one attached hydrogen (secondary N) is 1. The summed E-state index contributed by atoms with van der Waals surface area (Å²) in [7, 11) is 0. The van der Waals surface area contributed by atoms with Crippen LogP contribution in [0.3, 0.4) is 0 Å². The lowest BCUT2D eigenvalue weighted by molar-refractivity contribution is 0.0735. The third kappa shape index (κ3) is 3.32. The SMILES string of the molecule is CC(C)(O)c1cnc(Nc2cc(O)cc(O)c2)cn1. The molecule has 0 bridgehead atoms. The largest absolute Gasteiger partial charge is 0.508 e. The summed E-state index contributed by atoms with van der Waals surface area (Å²) in [5, 5.41) is 31.3. The fourth-order valence-electron chi connectivity index (χ4n) is 1.52. The van der Waals surface area contributed by atoms with Crippen molar-refractivity contribution >= 4 is 11.5 Å². The number of aliphatic hydroxyl groups is 1. The first kappa shape index (κ1) is 13.1. The molecule has 0 fully saturated rings. The van der Waals surface area contributed by atoms with E-state index in [4.69, 9.17) is 0 Å². The van der Waals surface area contributed by atoms with Gasteiger partial charge in [0, 0.05) is 23.9 Å². The molecule has 0 aliphatic rings. The average Bonchev–Trinajstić information content (AvgIpc) is 2.26. The van der Waals surface area contributed by atoms with Gasteiger partial charge in [0.1, 0.15) is 22.9 Å². The highest BCUT2D eigenvalue weighted by atomic mass is 16.3. The summed E-state index contributed by atoms with van der Waals surface area (Å²) in [6.07, 6.45) is 2.93. The average molecular weight is 261 g/mol. The normalized spacial score (nSPS) is 11.3. The summed E-state index contributed by atoms with van der Waals surface area (Å²) in [5.74, 6) is 0.338. The first-order valence-electron chi connectivity index (χ1n) is 5.69. The van der Waals surface area contributed by atoms with Gasteiger partial charge in [-0.15, -0.1) is 0 Å². The molecule has 0 radical (unpaired) electrons. The summed E-state index contributed by atoms with van der Waals surface area (Å²) in [4.78, 5) is 8.19.